The second-order valence-corrected chi connectivity index (χ2v) is 5.44. The highest BCUT2D eigenvalue weighted by Crippen LogP contribution is 2.40. The van der Waals surface area contributed by atoms with E-state index in [9.17, 15) is 10.1 Å². The van der Waals surface area contributed by atoms with Crippen LogP contribution in [0.3, 0.4) is 0 Å². The van der Waals surface area contributed by atoms with Gasteiger partial charge in [0.05, 0.1) is 11.5 Å². The minimum absolute atomic E-state index is 0.0227. The molecule has 0 saturated carbocycles. The van der Waals surface area contributed by atoms with Gasteiger partial charge < -0.3 is 14.9 Å². The van der Waals surface area contributed by atoms with Gasteiger partial charge in [0.1, 0.15) is 23.2 Å². The van der Waals surface area contributed by atoms with Crippen molar-refractivity contribution < 1.29 is 9.15 Å². The molecule has 0 saturated heterocycles. The van der Waals surface area contributed by atoms with Gasteiger partial charge in [0.2, 0.25) is 5.88 Å². The van der Waals surface area contributed by atoms with Crippen LogP contribution in [-0.2, 0) is 6.42 Å². The van der Waals surface area contributed by atoms with Gasteiger partial charge in [-0.25, -0.2) is 4.79 Å². The fourth-order valence-electron chi connectivity index (χ4n) is 2.80. The average molecular weight is 308 g/mol. The van der Waals surface area contributed by atoms with E-state index in [0.29, 0.717) is 17.1 Å². The summed E-state index contributed by atoms with van der Waals surface area (Å²) in [5, 5.41) is 9.46. The number of nitrogens with zero attached hydrogens (tertiary/aromatic N) is 1. The highest BCUT2D eigenvalue weighted by molar-refractivity contribution is 5.54. The first-order valence-corrected chi connectivity index (χ1v) is 7.36. The Bertz CT molecular complexity index is 886. The minimum Gasteiger partial charge on any atom is -0.440 e. The molecule has 5 nitrogen and oxygen atoms in total. The number of hydrogen-bond donors (Lipinski definition) is 1. The zero-order chi connectivity index (χ0) is 16.6. The van der Waals surface area contributed by atoms with Crippen LogP contribution in [-0.4, -0.2) is 0 Å². The highest BCUT2D eigenvalue weighted by Gasteiger charge is 2.34. The van der Waals surface area contributed by atoms with Gasteiger partial charge in [0.15, 0.2) is 0 Å². The first kappa shape index (κ1) is 14.9. The molecule has 1 aliphatic rings. The molecular weight excluding hydrogens is 292 g/mol. The lowest BCUT2D eigenvalue weighted by Gasteiger charge is -2.25. The van der Waals surface area contributed by atoms with E-state index in [1.807, 2.05) is 24.3 Å². The van der Waals surface area contributed by atoms with Crippen LogP contribution in [0.4, 0.5) is 0 Å². The molecular formula is C18H16N2O3. The standard InChI is InChI=1S/C18H16N2O3/c1-3-11-4-6-12(7-5-11)15-13(9-19)17(20)23-14-8-10(2)22-18(21)16(14)15/h4-8,15H,3,20H2,1-2H3/t15-/m1/s1. The maximum absolute atomic E-state index is 12.3. The van der Waals surface area contributed by atoms with Gasteiger partial charge >= 0.3 is 5.63 Å². The predicted octanol–water partition coefficient (Wildman–Crippen LogP) is 2.73. The van der Waals surface area contributed by atoms with Crippen LogP contribution >= 0.6 is 0 Å². The molecule has 0 aliphatic carbocycles. The number of hydrogen-bond acceptors (Lipinski definition) is 5. The summed E-state index contributed by atoms with van der Waals surface area (Å²) in [6.45, 7) is 3.73. The molecule has 5 heteroatoms. The largest absolute Gasteiger partial charge is 0.440 e. The zero-order valence-electron chi connectivity index (χ0n) is 12.9. The number of fused-ring (bicyclic) bond motifs is 1. The van der Waals surface area contributed by atoms with Gasteiger partial charge in [-0.15, -0.1) is 0 Å². The molecule has 1 aromatic carbocycles. The fourth-order valence-corrected chi connectivity index (χ4v) is 2.80. The third kappa shape index (κ3) is 2.49. The van der Waals surface area contributed by atoms with E-state index in [-0.39, 0.29) is 11.5 Å². The van der Waals surface area contributed by atoms with Gasteiger partial charge in [-0.05, 0) is 24.5 Å². The Morgan fingerprint density at radius 3 is 2.61 bits per heavy atom. The van der Waals surface area contributed by atoms with Gasteiger partial charge in [-0.3, -0.25) is 0 Å². The lowest BCUT2D eigenvalue weighted by atomic mass is 9.84. The van der Waals surface area contributed by atoms with E-state index in [1.54, 1.807) is 13.0 Å². The molecule has 2 heterocycles. The van der Waals surface area contributed by atoms with Crippen molar-refractivity contribution in [3.05, 3.63) is 74.7 Å². The normalized spacial score (nSPS) is 16.5. The Morgan fingerprint density at radius 1 is 1.30 bits per heavy atom. The van der Waals surface area contributed by atoms with Crippen molar-refractivity contribution in [2.75, 3.05) is 0 Å². The molecule has 3 rings (SSSR count). The SMILES string of the molecule is CCc1ccc([C@@H]2C(C#N)=C(N)Oc3cc(C)oc(=O)c32)cc1. The van der Waals surface area contributed by atoms with E-state index in [0.717, 1.165) is 12.0 Å². The zero-order valence-corrected chi connectivity index (χ0v) is 12.9. The van der Waals surface area contributed by atoms with Crippen LogP contribution in [0.15, 0.2) is 51.0 Å². The quantitative estimate of drug-likeness (QED) is 0.921. The first-order valence-electron chi connectivity index (χ1n) is 7.36. The van der Waals surface area contributed by atoms with Gasteiger partial charge in [0, 0.05) is 6.07 Å². The smallest absolute Gasteiger partial charge is 0.343 e. The summed E-state index contributed by atoms with van der Waals surface area (Å²) in [7, 11) is 0. The summed E-state index contributed by atoms with van der Waals surface area (Å²) in [5.41, 5.74) is 7.89. The van der Waals surface area contributed by atoms with Crippen LogP contribution < -0.4 is 16.1 Å². The van der Waals surface area contributed by atoms with E-state index < -0.39 is 11.5 Å². The van der Waals surface area contributed by atoms with Crippen LogP contribution in [0.25, 0.3) is 0 Å². The fraction of sp³-hybridized carbons (Fsp3) is 0.222. The predicted molar refractivity (Wildman–Crippen MR) is 84.8 cm³/mol. The van der Waals surface area contributed by atoms with Crippen molar-refractivity contribution in [3.63, 3.8) is 0 Å². The molecule has 1 aliphatic heterocycles. The summed E-state index contributed by atoms with van der Waals surface area (Å²) in [4.78, 5) is 12.3. The van der Waals surface area contributed by atoms with Crippen LogP contribution in [0, 0.1) is 18.3 Å². The lowest BCUT2D eigenvalue weighted by molar-refractivity contribution is 0.371. The van der Waals surface area contributed by atoms with Crippen molar-refractivity contribution in [1.82, 2.24) is 0 Å². The second-order valence-electron chi connectivity index (χ2n) is 5.44. The number of benzene rings is 1. The molecule has 23 heavy (non-hydrogen) atoms. The number of nitrogens with two attached hydrogens (primary N) is 1. The van der Waals surface area contributed by atoms with E-state index >= 15 is 0 Å². The Hall–Kier alpha value is -3.00. The molecule has 2 N–H and O–H groups in total. The molecule has 1 atom stereocenters. The number of allylic oxidation sites excluding steroid dienone is 1. The number of aryl methyl sites for hydroxylation is 2. The molecule has 0 bridgehead atoms. The maximum Gasteiger partial charge on any atom is 0.343 e. The number of rotatable bonds is 2. The molecule has 0 spiro atoms. The number of ether oxygens (including phenoxy) is 1. The summed E-state index contributed by atoms with van der Waals surface area (Å²) in [6.07, 6.45) is 0.912. The van der Waals surface area contributed by atoms with E-state index in [2.05, 4.69) is 13.0 Å². The van der Waals surface area contributed by atoms with Crippen LogP contribution in [0.2, 0.25) is 0 Å². The Labute approximate surface area is 133 Å². The van der Waals surface area contributed by atoms with Crippen LogP contribution in [0.1, 0.15) is 35.3 Å². The van der Waals surface area contributed by atoms with Gasteiger partial charge in [-0.2, -0.15) is 5.26 Å². The topological polar surface area (TPSA) is 89.2 Å². The molecule has 0 radical (unpaired) electrons. The van der Waals surface area contributed by atoms with Crippen molar-refractivity contribution >= 4 is 0 Å². The maximum atomic E-state index is 12.3. The van der Waals surface area contributed by atoms with E-state index in [1.165, 1.54) is 5.56 Å². The third-order valence-electron chi connectivity index (χ3n) is 3.98. The summed E-state index contributed by atoms with van der Waals surface area (Å²) < 4.78 is 10.7. The van der Waals surface area contributed by atoms with Crippen molar-refractivity contribution in [3.8, 4) is 11.8 Å². The monoisotopic (exact) mass is 308 g/mol. The second kappa shape index (κ2) is 5.65. The highest BCUT2D eigenvalue weighted by atomic mass is 16.5. The van der Waals surface area contributed by atoms with Gasteiger partial charge in [0.25, 0.3) is 0 Å². The third-order valence-corrected chi connectivity index (χ3v) is 3.98. The van der Waals surface area contributed by atoms with Crippen molar-refractivity contribution in [2.24, 2.45) is 5.73 Å². The Kier molecular flexibility index (Phi) is 3.67. The van der Waals surface area contributed by atoms with E-state index in [4.69, 9.17) is 14.9 Å². The molecule has 1 aromatic heterocycles. The first-order chi connectivity index (χ1) is 11.0. The molecule has 0 fully saturated rings. The average Bonchev–Trinajstić information content (AvgIpc) is 2.53. The molecule has 116 valence electrons. The van der Waals surface area contributed by atoms with Crippen molar-refractivity contribution in [2.45, 2.75) is 26.2 Å². The Balaban J connectivity index is 2.24. The van der Waals surface area contributed by atoms with Crippen LogP contribution in [0.5, 0.6) is 5.75 Å². The summed E-state index contributed by atoms with van der Waals surface area (Å²) in [5.74, 6) is 0.225. The lowest BCUT2D eigenvalue weighted by Crippen LogP contribution is -2.26. The Morgan fingerprint density at radius 2 is 2.00 bits per heavy atom. The molecule has 2 aromatic rings. The number of nitriles is 1. The molecule has 0 amide bonds. The molecule has 0 unspecified atom stereocenters. The van der Waals surface area contributed by atoms with Crippen molar-refractivity contribution in [1.29, 1.82) is 5.26 Å². The van der Waals surface area contributed by atoms with Gasteiger partial charge in [-0.1, -0.05) is 31.2 Å². The minimum atomic E-state index is -0.577. The summed E-state index contributed by atoms with van der Waals surface area (Å²) in [6, 6.07) is 11.4. The summed E-state index contributed by atoms with van der Waals surface area (Å²) >= 11 is 0.